The molecule has 0 amide bonds. The van der Waals surface area contributed by atoms with Gasteiger partial charge in [-0.3, -0.25) is 9.36 Å². The van der Waals surface area contributed by atoms with Gasteiger partial charge in [0, 0.05) is 0 Å². The molecule has 16 heavy (non-hydrogen) atoms. The molecule has 5 nitrogen and oxygen atoms in total. The zero-order valence-corrected chi connectivity index (χ0v) is 10.1. The van der Waals surface area contributed by atoms with E-state index in [0.29, 0.717) is 3.67 Å². The van der Waals surface area contributed by atoms with Crippen molar-refractivity contribution in [1.82, 2.24) is 13.3 Å². The van der Waals surface area contributed by atoms with E-state index in [2.05, 4.69) is 5.10 Å². The SMILES string of the molecule is O=c1c(C(F)(F)F)n[n]([AlH2])c(=O)n1CCF. The van der Waals surface area contributed by atoms with Gasteiger partial charge < -0.3 is 3.67 Å². The number of nitrogens with zero attached hydrogens (tertiary/aromatic N) is 3. The molecule has 1 aromatic heterocycles. The third-order valence-corrected chi connectivity index (χ3v) is 2.36. The molecule has 0 aromatic carbocycles. The van der Waals surface area contributed by atoms with Crippen LogP contribution in [0.25, 0.3) is 0 Å². The van der Waals surface area contributed by atoms with Crippen LogP contribution in [0.3, 0.4) is 0 Å². The zero-order chi connectivity index (χ0) is 12.5. The molecule has 0 spiro atoms. The molecule has 0 aliphatic heterocycles. The molecule has 10 heteroatoms. The first-order valence-corrected chi connectivity index (χ1v) is 4.99. The summed E-state index contributed by atoms with van der Waals surface area (Å²) in [6, 6.07) is 0. The Bertz CT molecular complexity index is 506. The van der Waals surface area contributed by atoms with E-state index in [1.807, 2.05) is 0 Å². The van der Waals surface area contributed by atoms with Crippen LogP contribution in [0.15, 0.2) is 9.59 Å². The summed E-state index contributed by atoms with van der Waals surface area (Å²) in [6.45, 7) is -1.80. The monoisotopic (exact) mass is 255 g/mol. The van der Waals surface area contributed by atoms with Crippen LogP contribution in [0.4, 0.5) is 17.6 Å². The van der Waals surface area contributed by atoms with E-state index in [0.717, 1.165) is 0 Å². The standard InChI is InChI=1S/C6H5F4N3O2.Al.2H/c7-1-2-13-4(14)3(6(8,9)10)11-12-5(13)15;;;/h1-2H2,(H,12,14,15);;;/q;+1;;/p-1. The summed E-state index contributed by atoms with van der Waals surface area (Å²) in [4.78, 5) is 22.4. The summed E-state index contributed by atoms with van der Waals surface area (Å²) in [5.74, 6) is 0. The van der Waals surface area contributed by atoms with Gasteiger partial charge in [0.15, 0.2) is 0 Å². The van der Waals surface area contributed by atoms with Crippen molar-refractivity contribution in [2.75, 3.05) is 6.67 Å². The molecule has 0 saturated carbocycles. The van der Waals surface area contributed by atoms with Crippen LogP contribution in [0.2, 0.25) is 0 Å². The van der Waals surface area contributed by atoms with Crippen LogP contribution in [0.1, 0.15) is 5.69 Å². The van der Waals surface area contributed by atoms with Crippen LogP contribution < -0.4 is 11.2 Å². The lowest BCUT2D eigenvalue weighted by atomic mass is 10.4. The second-order valence-electron chi connectivity index (χ2n) is 2.90. The Labute approximate surface area is 93.9 Å². The van der Waals surface area contributed by atoms with Crippen molar-refractivity contribution in [3.8, 4) is 0 Å². The lowest BCUT2D eigenvalue weighted by molar-refractivity contribution is -0.143. The fourth-order valence-electron chi connectivity index (χ4n) is 1.08. The lowest BCUT2D eigenvalue weighted by Crippen LogP contribution is -2.45. The molecule has 0 atom stereocenters. The fraction of sp³-hybridized carbons (Fsp3) is 0.500. The molecule has 1 aromatic rings. The maximum atomic E-state index is 12.3. The first-order chi connectivity index (χ1) is 7.29. The van der Waals surface area contributed by atoms with Gasteiger partial charge in [-0.1, -0.05) is 0 Å². The molecule has 0 aliphatic rings. The second-order valence-corrected chi connectivity index (χ2v) is 3.75. The molecule has 0 N–H and O–H groups in total. The predicted octanol–water partition coefficient (Wildman–Crippen LogP) is -1.21. The van der Waals surface area contributed by atoms with Crippen molar-refractivity contribution < 1.29 is 17.6 Å². The molecule has 0 bridgehead atoms. The number of rotatable bonds is 2. The highest BCUT2D eigenvalue weighted by atomic mass is 27.1. The van der Waals surface area contributed by atoms with E-state index in [4.69, 9.17) is 0 Å². The minimum absolute atomic E-state index is 0.127. The van der Waals surface area contributed by atoms with Crippen molar-refractivity contribution >= 4 is 16.5 Å². The minimum Gasteiger partial charge on any atom is -0.322 e. The maximum Gasteiger partial charge on any atom is 0.440 e. The lowest BCUT2D eigenvalue weighted by Gasteiger charge is -2.10. The quantitative estimate of drug-likeness (QED) is 0.492. The smallest absolute Gasteiger partial charge is 0.322 e. The molecule has 0 unspecified atom stereocenters. The Morgan fingerprint density at radius 2 is 1.88 bits per heavy atom. The minimum atomic E-state index is -4.95. The van der Waals surface area contributed by atoms with Gasteiger partial charge >= 0.3 is 28.4 Å². The Balaban J connectivity index is 3.58. The summed E-state index contributed by atoms with van der Waals surface area (Å²) < 4.78 is 49.6. The average molecular weight is 255 g/mol. The molecule has 0 fully saturated rings. The van der Waals surface area contributed by atoms with Gasteiger partial charge in [0.1, 0.15) is 6.67 Å². The van der Waals surface area contributed by atoms with Crippen LogP contribution in [0.5, 0.6) is 0 Å². The van der Waals surface area contributed by atoms with Crippen LogP contribution in [-0.4, -0.2) is 36.5 Å². The molecule has 88 valence electrons. The molecular formula is C6H6AlF4N3O2. The molecule has 0 aliphatic carbocycles. The summed E-state index contributed by atoms with van der Waals surface area (Å²) in [5.41, 5.74) is -4.33. The van der Waals surface area contributed by atoms with Crippen molar-refractivity contribution in [3.05, 3.63) is 26.5 Å². The molecule has 0 radical (unpaired) electrons. The highest BCUT2D eigenvalue weighted by molar-refractivity contribution is 6.05. The van der Waals surface area contributed by atoms with Crippen LogP contribution in [-0.2, 0) is 12.7 Å². The number of hydrogen-bond acceptors (Lipinski definition) is 3. The highest BCUT2D eigenvalue weighted by Crippen LogP contribution is 2.23. The third kappa shape index (κ3) is 2.33. The fourth-order valence-corrected chi connectivity index (χ4v) is 1.53. The van der Waals surface area contributed by atoms with E-state index < -0.39 is 36.3 Å². The maximum absolute atomic E-state index is 12.3. The van der Waals surface area contributed by atoms with Gasteiger partial charge in [-0.15, -0.1) is 0 Å². The summed E-state index contributed by atoms with van der Waals surface area (Å²) in [6.07, 6.45) is -4.95. The summed E-state index contributed by atoms with van der Waals surface area (Å²) in [7, 11) is 0. The average Bonchev–Trinajstić information content (AvgIpc) is 2.16. The largest absolute Gasteiger partial charge is 0.440 e. The first kappa shape index (κ1) is 12.9. The Morgan fingerprint density at radius 1 is 1.31 bits per heavy atom. The van der Waals surface area contributed by atoms with Crippen molar-refractivity contribution in [1.29, 1.82) is 0 Å². The molecule has 0 saturated heterocycles. The van der Waals surface area contributed by atoms with Gasteiger partial charge in [-0.25, -0.2) is 9.18 Å². The van der Waals surface area contributed by atoms with Gasteiger partial charge in [0.2, 0.25) is 5.69 Å². The molecule has 1 heterocycles. The normalized spacial score (nSPS) is 11.8. The number of aromatic nitrogens is 3. The number of hydrogen-bond donors (Lipinski definition) is 0. The molecule has 1 rings (SSSR count). The van der Waals surface area contributed by atoms with Gasteiger partial charge in [0.05, 0.1) is 6.54 Å². The van der Waals surface area contributed by atoms with Gasteiger partial charge in [-0.2, -0.15) is 18.3 Å². The summed E-state index contributed by atoms with van der Waals surface area (Å²) in [5, 5.41) is 2.87. The van der Waals surface area contributed by atoms with Crippen LogP contribution >= 0.6 is 0 Å². The van der Waals surface area contributed by atoms with E-state index in [1.54, 1.807) is 0 Å². The Hall–Kier alpha value is -1.14. The van der Waals surface area contributed by atoms with E-state index in [1.165, 1.54) is 0 Å². The molecular weight excluding hydrogens is 249 g/mol. The number of alkyl halides is 4. The van der Waals surface area contributed by atoms with Crippen molar-refractivity contribution in [3.63, 3.8) is 0 Å². The van der Waals surface area contributed by atoms with Crippen molar-refractivity contribution in [2.45, 2.75) is 12.7 Å². The zero-order valence-electron chi connectivity index (χ0n) is 8.08. The first-order valence-electron chi connectivity index (χ1n) is 4.10. The topological polar surface area (TPSA) is 56.9 Å². The summed E-state index contributed by atoms with van der Waals surface area (Å²) >= 11 is -0.127. The van der Waals surface area contributed by atoms with Gasteiger partial charge in [-0.05, 0) is 0 Å². The van der Waals surface area contributed by atoms with E-state index in [9.17, 15) is 27.2 Å². The van der Waals surface area contributed by atoms with Gasteiger partial charge in [0.25, 0.3) is 5.56 Å². The highest BCUT2D eigenvalue weighted by Gasteiger charge is 2.37. The second kappa shape index (κ2) is 4.39. The van der Waals surface area contributed by atoms with E-state index >= 15 is 0 Å². The van der Waals surface area contributed by atoms with Crippen LogP contribution in [0, 0.1) is 0 Å². The number of halogens is 4. The Morgan fingerprint density at radius 3 is 2.31 bits per heavy atom. The van der Waals surface area contributed by atoms with E-state index in [-0.39, 0.29) is 21.1 Å². The predicted molar refractivity (Wildman–Crippen MR) is 47.7 cm³/mol. The Kier molecular flexibility index (Phi) is 3.55. The van der Waals surface area contributed by atoms with Crippen molar-refractivity contribution in [2.24, 2.45) is 0 Å². The third-order valence-electron chi connectivity index (χ3n) is 1.78.